The maximum Gasteiger partial charge on any atom is 0.165 e. The van der Waals surface area contributed by atoms with Crippen molar-refractivity contribution in [2.45, 2.75) is 25.9 Å². The Hall–Kier alpha value is -1.80. The van der Waals surface area contributed by atoms with Gasteiger partial charge in [-0.25, -0.2) is 4.98 Å². The topological polar surface area (TPSA) is 69.2 Å². The Kier molecular flexibility index (Phi) is 3.39. The molecule has 1 aliphatic rings. The van der Waals surface area contributed by atoms with Crippen molar-refractivity contribution in [1.29, 1.82) is 5.26 Å². The van der Waals surface area contributed by atoms with Crippen LogP contribution in [0.4, 0.5) is 11.5 Å². The molecular weight excluding hydrogens is 226 g/mol. The molecule has 0 aromatic carbocycles. The number of likely N-dealkylation sites (N-methyl/N-ethyl adjacent to an activating group) is 1. The maximum atomic E-state index is 8.97. The largest absolute Gasteiger partial charge is 0.396 e. The van der Waals surface area contributed by atoms with Crippen molar-refractivity contribution >= 4 is 11.5 Å². The lowest BCUT2D eigenvalue weighted by atomic mass is 10.1. The van der Waals surface area contributed by atoms with Crippen molar-refractivity contribution in [2.24, 2.45) is 0 Å². The number of nitrogens with two attached hydrogens (primary N) is 1. The first kappa shape index (κ1) is 12.7. The van der Waals surface area contributed by atoms with Crippen molar-refractivity contribution in [1.82, 2.24) is 9.88 Å². The average molecular weight is 245 g/mol. The second kappa shape index (κ2) is 4.83. The molecule has 5 heteroatoms. The minimum absolute atomic E-state index is 0.312. The molecule has 2 rings (SSSR count). The molecule has 0 radical (unpaired) electrons. The molecule has 1 aromatic heterocycles. The molecule has 1 aromatic rings. The van der Waals surface area contributed by atoms with E-state index < -0.39 is 0 Å². The average Bonchev–Trinajstić information content (AvgIpc) is 2.36. The summed E-state index contributed by atoms with van der Waals surface area (Å²) in [6.45, 7) is 6.24. The van der Waals surface area contributed by atoms with Gasteiger partial charge in [-0.05, 0) is 33.0 Å². The number of anilines is 2. The summed E-state index contributed by atoms with van der Waals surface area (Å²) >= 11 is 0. The fourth-order valence-electron chi connectivity index (χ4n) is 2.32. The van der Waals surface area contributed by atoms with Crippen LogP contribution in [0.2, 0.25) is 0 Å². The van der Waals surface area contributed by atoms with E-state index in [1.165, 1.54) is 0 Å². The van der Waals surface area contributed by atoms with Crippen molar-refractivity contribution in [2.75, 3.05) is 30.8 Å². The predicted molar refractivity (Wildman–Crippen MR) is 72.3 cm³/mol. The second-order valence-electron chi connectivity index (χ2n) is 4.99. The molecule has 2 unspecified atom stereocenters. The summed E-state index contributed by atoms with van der Waals surface area (Å²) in [6.07, 6.45) is 0. The fourth-order valence-corrected chi connectivity index (χ4v) is 2.32. The first-order chi connectivity index (χ1) is 8.52. The van der Waals surface area contributed by atoms with Crippen LogP contribution in [0.25, 0.3) is 0 Å². The van der Waals surface area contributed by atoms with Crippen LogP contribution < -0.4 is 10.6 Å². The van der Waals surface area contributed by atoms with Gasteiger partial charge in [0.25, 0.3) is 0 Å². The normalized spacial score (nSPS) is 24.9. The third kappa shape index (κ3) is 2.24. The standard InChI is InChI=1S/C13H19N5/c1-9-7-18(8-10(2)17(9)3)13-5-4-11(15)12(6-14)16-13/h4-5,9-10H,7-8,15H2,1-3H3. The Balaban J connectivity index is 2.25. The van der Waals surface area contributed by atoms with Crippen molar-refractivity contribution in [3.8, 4) is 6.07 Å². The van der Waals surface area contributed by atoms with E-state index in [4.69, 9.17) is 11.0 Å². The summed E-state index contributed by atoms with van der Waals surface area (Å²) in [4.78, 5) is 8.91. The zero-order chi connectivity index (χ0) is 13.3. The number of hydrogen-bond acceptors (Lipinski definition) is 5. The first-order valence-electron chi connectivity index (χ1n) is 6.16. The van der Waals surface area contributed by atoms with E-state index in [1.807, 2.05) is 12.1 Å². The molecule has 5 nitrogen and oxygen atoms in total. The molecule has 2 N–H and O–H groups in total. The van der Waals surface area contributed by atoms with Gasteiger partial charge in [0.15, 0.2) is 5.69 Å². The molecule has 0 aliphatic carbocycles. The number of nitriles is 1. The van der Waals surface area contributed by atoms with Crippen LogP contribution in [0.15, 0.2) is 12.1 Å². The van der Waals surface area contributed by atoms with Crippen LogP contribution in [-0.4, -0.2) is 42.1 Å². The van der Waals surface area contributed by atoms with Crippen molar-refractivity contribution in [3.63, 3.8) is 0 Å². The third-order valence-corrected chi connectivity index (χ3v) is 3.70. The van der Waals surface area contributed by atoms with Crippen molar-refractivity contribution in [3.05, 3.63) is 17.8 Å². The van der Waals surface area contributed by atoms with Gasteiger partial charge < -0.3 is 10.6 Å². The van der Waals surface area contributed by atoms with Crippen LogP contribution in [0.5, 0.6) is 0 Å². The number of rotatable bonds is 1. The number of nitrogens with zero attached hydrogens (tertiary/aromatic N) is 4. The van der Waals surface area contributed by atoms with Gasteiger partial charge >= 0.3 is 0 Å². The lowest BCUT2D eigenvalue weighted by Gasteiger charge is -2.43. The highest BCUT2D eigenvalue weighted by Gasteiger charge is 2.27. The lowest BCUT2D eigenvalue weighted by Crippen LogP contribution is -2.55. The van der Waals surface area contributed by atoms with Gasteiger partial charge in [-0.3, -0.25) is 4.90 Å². The summed E-state index contributed by atoms with van der Waals surface area (Å²) in [7, 11) is 2.14. The molecule has 0 saturated carbocycles. The van der Waals surface area contributed by atoms with E-state index in [1.54, 1.807) is 6.07 Å². The van der Waals surface area contributed by atoms with E-state index >= 15 is 0 Å². The van der Waals surface area contributed by atoms with Crippen LogP contribution in [0, 0.1) is 11.3 Å². The molecule has 0 bridgehead atoms. The van der Waals surface area contributed by atoms with Gasteiger partial charge in [0.05, 0.1) is 5.69 Å². The number of aromatic nitrogens is 1. The summed E-state index contributed by atoms with van der Waals surface area (Å²) in [5.41, 5.74) is 6.45. The number of pyridine rings is 1. The summed E-state index contributed by atoms with van der Waals surface area (Å²) < 4.78 is 0. The molecule has 18 heavy (non-hydrogen) atoms. The molecular formula is C13H19N5. The van der Waals surface area contributed by atoms with Crippen LogP contribution >= 0.6 is 0 Å². The Morgan fingerprint density at radius 2 is 1.94 bits per heavy atom. The smallest absolute Gasteiger partial charge is 0.165 e. The Morgan fingerprint density at radius 1 is 1.33 bits per heavy atom. The maximum absolute atomic E-state index is 8.97. The van der Waals surface area contributed by atoms with E-state index in [9.17, 15) is 0 Å². The minimum atomic E-state index is 0.312. The van der Waals surface area contributed by atoms with Gasteiger partial charge in [-0.1, -0.05) is 0 Å². The molecule has 1 saturated heterocycles. The van der Waals surface area contributed by atoms with Gasteiger partial charge in [0.1, 0.15) is 11.9 Å². The fraction of sp³-hybridized carbons (Fsp3) is 0.538. The SMILES string of the molecule is CC1CN(c2ccc(N)c(C#N)n2)CC(C)N1C. The van der Waals surface area contributed by atoms with Gasteiger partial charge in [0.2, 0.25) is 0 Å². The van der Waals surface area contributed by atoms with E-state index in [2.05, 4.69) is 35.7 Å². The zero-order valence-corrected chi connectivity index (χ0v) is 11.1. The van der Waals surface area contributed by atoms with Crippen molar-refractivity contribution < 1.29 is 0 Å². The quantitative estimate of drug-likeness (QED) is 0.801. The minimum Gasteiger partial charge on any atom is -0.396 e. The zero-order valence-electron chi connectivity index (χ0n) is 11.1. The first-order valence-corrected chi connectivity index (χ1v) is 6.16. The monoisotopic (exact) mass is 245 g/mol. The molecule has 1 aliphatic heterocycles. The molecule has 0 spiro atoms. The predicted octanol–water partition coefficient (Wildman–Crippen LogP) is 1.06. The third-order valence-electron chi connectivity index (χ3n) is 3.70. The number of piperazine rings is 1. The second-order valence-corrected chi connectivity index (χ2v) is 4.99. The Bertz CT molecular complexity index is 467. The molecule has 0 amide bonds. The van der Waals surface area contributed by atoms with Gasteiger partial charge in [-0.15, -0.1) is 0 Å². The van der Waals surface area contributed by atoms with E-state index in [-0.39, 0.29) is 0 Å². The lowest BCUT2D eigenvalue weighted by molar-refractivity contribution is 0.169. The molecule has 96 valence electrons. The highest BCUT2D eigenvalue weighted by Crippen LogP contribution is 2.21. The van der Waals surface area contributed by atoms with Gasteiger partial charge in [0, 0.05) is 25.2 Å². The Labute approximate surface area is 108 Å². The molecule has 1 fully saturated rings. The molecule has 2 atom stereocenters. The number of hydrogen-bond donors (Lipinski definition) is 1. The van der Waals surface area contributed by atoms with Gasteiger partial charge in [-0.2, -0.15) is 5.26 Å². The van der Waals surface area contributed by atoms with E-state index in [0.717, 1.165) is 18.9 Å². The highest BCUT2D eigenvalue weighted by atomic mass is 15.3. The Morgan fingerprint density at radius 3 is 2.50 bits per heavy atom. The number of nitrogen functional groups attached to an aromatic ring is 1. The van der Waals surface area contributed by atoms with E-state index in [0.29, 0.717) is 23.5 Å². The summed E-state index contributed by atoms with van der Waals surface area (Å²) in [5.74, 6) is 0.840. The summed E-state index contributed by atoms with van der Waals surface area (Å²) in [6, 6.07) is 6.62. The molecule has 2 heterocycles. The summed E-state index contributed by atoms with van der Waals surface area (Å²) in [5, 5.41) is 8.97. The highest BCUT2D eigenvalue weighted by molar-refractivity contribution is 5.55. The van der Waals surface area contributed by atoms with Crippen LogP contribution in [0.1, 0.15) is 19.5 Å². The van der Waals surface area contributed by atoms with Crippen LogP contribution in [0.3, 0.4) is 0 Å². The van der Waals surface area contributed by atoms with Crippen LogP contribution in [-0.2, 0) is 0 Å².